The summed E-state index contributed by atoms with van der Waals surface area (Å²) in [5, 5.41) is 2.50. The monoisotopic (exact) mass is 478 g/mol. The van der Waals surface area contributed by atoms with Crippen LogP contribution in [-0.4, -0.2) is 18.9 Å². The van der Waals surface area contributed by atoms with Crippen LogP contribution in [0.4, 0.5) is 0 Å². The van der Waals surface area contributed by atoms with Crippen LogP contribution < -0.4 is 0 Å². The van der Waals surface area contributed by atoms with Crippen molar-refractivity contribution < 1.29 is 0 Å². The van der Waals surface area contributed by atoms with Crippen molar-refractivity contribution in [3.05, 3.63) is 115 Å². The van der Waals surface area contributed by atoms with E-state index in [9.17, 15) is 0 Å². The quantitative estimate of drug-likeness (QED) is 0.265. The normalized spacial score (nSPS) is 11.5. The number of imidazole rings is 2. The number of hydrogen-bond acceptors (Lipinski definition) is 1. The molecule has 3 aromatic heterocycles. The molecule has 0 saturated heterocycles. The van der Waals surface area contributed by atoms with Gasteiger partial charge in [0.1, 0.15) is 0 Å². The molecule has 1 N–H and O–H groups in total. The highest BCUT2D eigenvalue weighted by molar-refractivity contribution is 6.08. The number of aromatic amines is 1. The first-order chi connectivity index (χ1) is 18.3. The largest absolute Gasteiger partial charge is 0.355 e. The summed E-state index contributed by atoms with van der Waals surface area (Å²) in [5.74, 6) is 0.927. The minimum Gasteiger partial charge on any atom is -0.355 e. The predicted molar refractivity (Wildman–Crippen MR) is 156 cm³/mol. The van der Waals surface area contributed by atoms with Crippen molar-refractivity contribution in [3.63, 3.8) is 0 Å². The first-order valence-electron chi connectivity index (χ1n) is 12.8. The molecule has 0 aliphatic carbocycles. The molecule has 37 heavy (non-hydrogen) atoms. The first kappa shape index (κ1) is 21.5. The van der Waals surface area contributed by atoms with Gasteiger partial charge in [-0.25, -0.2) is 4.98 Å². The van der Waals surface area contributed by atoms with Crippen LogP contribution in [0.25, 0.3) is 66.5 Å². The average molecular weight is 479 g/mol. The topological polar surface area (TPSA) is 38.0 Å². The van der Waals surface area contributed by atoms with Gasteiger partial charge in [0, 0.05) is 27.5 Å². The van der Waals surface area contributed by atoms with Crippen LogP contribution >= 0.6 is 0 Å². The van der Waals surface area contributed by atoms with Gasteiger partial charge in [-0.3, -0.25) is 8.97 Å². The summed E-state index contributed by atoms with van der Waals surface area (Å²) in [7, 11) is 0. The van der Waals surface area contributed by atoms with Gasteiger partial charge in [0.2, 0.25) is 5.78 Å². The third kappa shape index (κ3) is 3.19. The lowest BCUT2D eigenvalue weighted by Crippen LogP contribution is -1.94. The SMILES string of the molecule is CC.c1ccc(-n2c3ccccc3n3c4cc(-c5ccc6[nH]c7ccccc7c6c5)ccc4nc23)cc1. The summed E-state index contributed by atoms with van der Waals surface area (Å²) < 4.78 is 4.53. The molecule has 178 valence electrons. The molecule has 0 fully saturated rings. The summed E-state index contributed by atoms with van der Waals surface area (Å²) in [4.78, 5) is 8.59. The maximum atomic E-state index is 5.07. The number of benzene rings is 5. The number of para-hydroxylation sites is 4. The Kier molecular flexibility index (Phi) is 4.86. The minimum absolute atomic E-state index is 0.927. The molecule has 0 atom stereocenters. The zero-order chi connectivity index (χ0) is 24.9. The van der Waals surface area contributed by atoms with Gasteiger partial charge in [-0.1, -0.05) is 74.5 Å². The molecule has 4 nitrogen and oxygen atoms in total. The Morgan fingerprint density at radius 3 is 2.11 bits per heavy atom. The van der Waals surface area contributed by atoms with Crippen molar-refractivity contribution in [1.82, 2.24) is 18.9 Å². The number of nitrogens with zero attached hydrogens (tertiary/aromatic N) is 3. The summed E-state index contributed by atoms with van der Waals surface area (Å²) >= 11 is 0. The van der Waals surface area contributed by atoms with Gasteiger partial charge in [0.25, 0.3) is 0 Å². The first-order valence-corrected chi connectivity index (χ1v) is 12.8. The van der Waals surface area contributed by atoms with Gasteiger partial charge >= 0.3 is 0 Å². The Hall–Kier alpha value is -4.83. The highest BCUT2D eigenvalue weighted by Crippen LogP contribution is 2.34. The van der Waals surface area contributed by atoms with E-state index in [1.165, 1.54) is 27.4 Å². The Bertz CT molecular complexity index is 2060. The molecular formula is C33H26N4. The zero-order valence-electron chi connectivity index (χ0n) is 20.8. The van der Waals surface area contributed by atoms with E-state index in [1.807, 2.05) is 19.9 Å². The predicted octanol–water partition coefficient (Wildman–Crippen LogP) is 8.76. The third-order valence-corrected chi connectivity index (χ3v) is 7.05. The molecule has 0 amide bonds. The van der Waals surface area contributed by atoms with Crippen LogP contribution in [0.3, 0.4) is 0 Å². The van der Waals surface area contributed by atoms with Crippen molar-refractivity contribution in [2.45, 2.75) is 13.8 Å². The van der Waals surface area contributed by atoms with E-state index in [0.717, 1.165) is 39.0 Å². The Balaban J connectivity index is 0.00000113. The minimum atomic E-state index is 0.927. The van der Waals surface area contributed by atoms with E-state index in [2.05, 4.69) is 123 Å². The highest BCUT2D eigenvalue weighted by Gasteiger charge is 2.17. The van der Waals surface area contributed by atoms with Gasteiger partial charge < -0.3 is 4.98 Å². The number of aromatic nitrogens is 4. The summed E-state index contributed by atoms with van der Waals surface area (Å²) in [6.07, 6.45) is 0. The van der Waals surface area contributed by atoms with Gasteiger partial charge in [-0.05, 0) is 65.7 Å². The third-order valence-electron chi connectivity index (χ3n) is 7.05. The molecule has 0 aliphatic heterocycles. The fourth-order valence-corrected chi connectivity index (χ4v) is 5.44. The molecule has 3 heterocycles. The van der Waals surface area contributed by atoms with E-state index < -0.39 is 0 Å². The van der Waals surface area contributed by atoms with Gasteiger partial charge in [0.15, 0.2) is 0 Å². The van der Waals surface area contributed by atoms with Crippen LogP contribution in [0.5, 0.6) is 0 Å². The smallest absolute Gasteiger partial charge is 0.220 e. The summed E-state index contributed by atoms with van der Waals surface area (Å²) in [6, 6.07) is 40.7. The Morgan fingerprint density at radius 2 is 1.24 bits per heavy atom. The van der Waals surface area contributed by atoms with E-state index >= 15 is 0 Å². The molecule has 0 radical (unpaired) electrons. The molecule has 0 aliphatic rings. The van der Waals surface area contributed by atoms with E-state index in [4.69, 9.17) is 4.98 Å². The number of nitrogens with one attached hydrogen (secondary N) is 1. The lowest BCUT2D eigenvalue weighted by molar-refractivity contribution is 1.11. The van der Waals surface area contributed by atoms with Gasteiger partial charge in [-0.2, -0.15) is 0 Å². The molecule has 0 unspecified atom stereocenters. The van der Waals surface area contributed by atoms with Crippen molar-refractivity contribution in [2.75, 3.05) is 0 Å². The molecule has 0 spiro atoms. The summed E-state index contributed by atoms with van der Waals surface area (Å²) in [6.45, 7) is 4.00. The van der Waals surface area contributed by atoms with Crippen LogP contribution in [0.2, 0.25) is 0 Å². The van der Waals surface area contributed by atoms with Crippen molar-refractivity contribution >= 4 is 49.7 Å². The number of rotatable bonds is 2. The van der Waals surface area contributed by atoms with E-state index in [1.54, 1.807) is 0 Å². The molecule has 0 saturated carbocycles. The number of hydrogen-bond donors (Lipinski definition) is 1. The molecule has 8 rings (SSSR count). The zero-order valence-corrected chi connectivity index (χ0v) is 20.8. The lowest BCUT2D eigenvalue weighted by Gasteiger charge is -2.04. The second kappa shape index (κ2) is 8.38. The van der Waals surface area contributed by atoms with Crippen LogP contribution in [0, 0.1) is 0 Å². The molecule has 8 aromatic rings. The maximum Gasteiger partial charge on any atom is 0.220 e. The lowest BCUT2D eigenvalue weighted by atomic mass is 10.0. The van der Waals surface area contributed by atoms with Crippen molar-refractivity contribution in [1.29, 1.82) is 0 Å². The molecular weight excluding hydrogens is 452 g/mol. The summed E-state index contributed by atoms with van der Waals surface area (Å²) in [5.41, 5.74) is 10.2. The van der Waals surface area contributed by atoms with Gasteiger partial charge in [-0.15, -0.1) is 0 Å². The van der Waals surface area contributed by atoms with Crippen LogP contribution in [-0.2, 0) is 0 Å². The molecule has 0 bridgehead atoms. The maximum absolute atomic E-state index is 5.07. The van der Waals surface area contributed by atoms with Crippen molar-refractivity contribution in [3.8, 4) is 16.8 Å². The van der Waals surface area contributed by atoms with E-state index in [-0.39, 0.29) is 0 Å². The second-order valence-electron chi connectivity index (χ2n) is 9.04. The van der Waals surface area contributed by atoms with Gasteiger partial charge in [0.05, 0.1) is 22.1 Å². The molecule has 4 heteroatoms. The number of H-pyrrole nitrogens is 1. The van der Waals surface area contributed by atoms with Crippen LogP contribution in [0.1, 0.15) is 13.8 Å². The van der Waals surface area contributed by atoms with Crippen molar-refractivity contribution in [2.24, 2.45) is 0 Å². The fraction of sp³-hybridized carbons (Fsp3) is 0.0606. The highest BCUT2D eigenvalue weighted by atomic mass is 15.2. The standard InChI is InChI=1S/C31H20N4.C2H6/c1-2-8-22(9-3-1)34-28-12-6-7-13-29(28)35-30-19-21(15-17-27(30)33-31(34)35)20-14-16-26-24(18-20)23-10-4-5-11-25(23)32-26;1-2/h1-19,32H;1-2H3. The number of fused-ring (bicyclic) bond motifs is 8. The Labute approximate surface area is 214 Å². The Morgan fingerprint density at radius 1 is 0.568 bits per heavy atom. The molecule has 5 aromatic carbocycles. The van der Waals surface area contributed by atoms with E-state index in [0.29, 0.717) is 0 Å². The van der Waals surface area contributed by atoms with Crippen LogP contribution in [0.15, 0.2) is 115 Å². The average Bonchev–Trinajstić information content (AvgIpc) is 3.62. The second-order valence-corrected chi connectivity index (χ2v) is 9.04. The fourth-order valence-electron chi connectivity index (χ4n) is 5.44.